The number of aromatic amines is 1. The van der Waals surface area contributed by atoms with E-state index >= 15 is 0 Å². The first-order chi connectivity index (χ1) is 14.3. The molecule has 3 aromatic rings. The summed E-state index contributed by atoms with van der Waals surface area (Å²) < 4.78 is 0. The minimum Gasteiger partial charge on any atom is -0.503 e. The number of hydrogen-bond donors (Lipinski definition) is 5. The van der Waals surface area contributed by atoms with Gasteiger partial charge in [-0.25, -0.2) is 15.0 Å². The Hall–Kier alpha value is -4.08. The molecule has 0 aliphatic carbocycles. The Kier molecular flexibility index (Phi) is 5.86. The van der Waals surface area contributed by atoms with E-state index in [1.807, 2.05) is 37.3 Å². The molecule has 0 aliphatic rings. The van der Waals surface area contributed by atoms with Crippen molar-refractivity contribution >= 4 is 28.8 Å². The number of aromatic hydroxyl groups is 3. The lowest BCUT2D eigenvalue weighted by Crippen LogP contribution is -2.23. The molecule has 1 aromatic carbocycles. The summed E-state index contributed by atoms with van der Waals surface area (Å²) >= 11 is 0. The van der Waals surface area contributed by atoms with E-state index in [0.29, 0.717) is 12.1 Å². The lowest BCUT2D eigenvalue weighted by Gasteiger charge is -2.13. The summed E-state index contributed by atoms with van der Waals surface area (Å²) in [5.74, 6) is -1.92. The van der Waals surface area contributed by atoms with Gasteiger partial charge in [0.15, 0.2) is 22.9 Å². The van der Waals surface area contributed by atoms with Crippen LogP contribution in [0.5, 0.6) is 17.5 Å². The van der Waals surface area contributed by atoms with Gasteiger partial charge in [-0.2, -0.15) is 0 Å². The second kappa shape index (κ2) is 8.52. The van der Waals surface area contributed by atoms with Gasteiger partial charge in [-0.3, -0.25) is 9.78 Å². The van der Waals surface area contributed by atoms with Crippen molar-refractivity contribution in [3.63, 3.8) is 0 Å². The topological polar surface area (TPSA) is 147 Å². The number of carbonyl (C=O) groups excluding carboxylic acids is 1. The highest BCUT2D eigenvalue weighted by atomic mass is 16.3. The van der Waals surface area contributed by atoms with Crippen molar-refractivity contribution in [1.82, 2.24) is 19.9 Å². The first-order valence-corrected chi connectivity index (χ1v) is 9.13. The number of H-pyrrole nitrogens is 1. The van der Waals surface area contributed by atoms with Gasteiger partial charge in [-0.05, 0) is 12.0 Å². The minimum absolute atomic E-state index is 0.00775. The Bertz CT molecular complexity index is 1090. The number of rotatable bonds is 6. The van der Waals surface area contributed by atoms with Gasteiger partial charge in [-0.15, -0.1) is 0 Å². The van der Waals surface area contributed by atoms with Crippen LogP contribution in [-0.4, -0.2) is 60.9 Å². The van der Waals surface area contributed by atoms with Crippen LogP contribution in [0, 0.1) is 0 Å². The van der Waals surface area contributed by atoms with Gasteiger partial charge in [0.1, 0.15) is 12.0 Å². The third kappa shape index (κ3) is 4.02. The Morgan fingerprint density at radius 3 is 2.47 bits per heavy atom. The van der Waals surface area contributed by atoms with Gasteiger partial charge in [0.05, 0.1) is 0 Å². The SMILES string of the molecule is CCC(=Nc1c(O)[nH]c(O)c1Nc1ncnc(C(=O)N(C)C)c1O)c1ccccc1. The van der Waals surface area contributed by atoms with E-state index in [1.165, 1.54) is 19.0 Å². The largest absolute Gasteiger partial charge is 0.503 e. The first kappa shape index (κ1) is 20.6. The molecule has 3 rings (SSSR count). The smallest absolute Gasteiger partial charge is 0.276 e. The normalized spacial score (nSPS) is 11.4. The quantitative estimate of drug-likeness (QED) is 0.393. The third-order valence-corrected chi connectivity index (χ3v) is 4.30. The van der Waals surface area contributed by atoms with E-state index in [1.54, 1.807) is 0 Å². The zero-order valence-electron chi connectivity index (χ0n) is 16.7. The van der Waals surface area contributed by atoms with Crippen LogP contribution in [0.15, 0.2) is 41.7 Å². The molecule has 10 heteroatoms. The maximum atomic E-state index is 12.2. The molecular formula is C20H22N6O4. The van der Waals surface area contributed by atoms with E-state index in [0.717, 1.165) is 11.9 Å². The van der Waals surface area contributed by atoms with Gasteiger partial charge in [0.25, 0.3) is 5.91 Å². The molecule has 1 amide bonds. The molecule has 10 nitrogen and oxygen atoms in total. The zero-order valence-corrected chi connectivity index (χ0v) is 16.7. The monoisotopic (exact) mass is 410 g/mol. The van der Waals surface area contributed by atoms with E-state index in [9.17, 15) is 20.1 Å². The first-order valence-electron chi connectivity index (χ1n) is 9.13. The molecular weight excluding hydrogens is 388 g/mol. The average molecular weight is 410 g/mol. The molecule has 0 bridgehead atoms. The summed E-state index contributed by atoms with van der Waals surface area (Å²) in [6, 6.07) is 9.39. The van der Waals surface area contributed by atoms with Crippen molar-refractivity contribution in [3.8, 4) is 17.5 Å². The Morgan fingerprint density at radius 1 is 1.13 bits per heavy atom. The molecule has 156 valence electrons. The fourth-order valence-corrected chi connectivity index (χ4v) is 2.76. The van der Waals surface area contributed by atoms with Crippen LogP contribution in [0.1, 0.15) is 29.4 Å². The van der Waals surface area contributed by atoms with E-state index < -0.39 is 17.5 Å². The minimum atomic E-state index is -0.519. The lowest BCUT2D eigenvalue weighted by atomic mass is 10.1. The molecule has 2 aromatic heterocycles. The number of aliphatic imine (C=N–C) groups is 1. The fourth-order valence-electron chi connectivity index (χ4n) is 2.76. The third-order valence-electron chi connectivity index (χ3n) is 4.30. The molecule has 0 radical (unpaired) electrons. The van der Waals surface area contributed by atoms with Crippen LogP contribution in [0.4, 0.5) is 17.2 Å². The lowest BCUT2D eigenvalue weighted by molar-refractivity contribution is 0.0818. The standard InChI is InChI=1S/C20H22N6O4/c1-4-12(11-8-6-5-7-9-11)23-13-14(19(29)25-18(13)28)24-17-16(27)15(21-10-22-17)20(30)26(2)3/h5-10,25,27-29H,4H2,1-3H3,(H,21,22,24). The van der Waals surface area contributed by atoms with Crippen LogP contribution in [0.25, 0.3) is 0 Å². The van der Waals surface area contributed by atoms with E-state index in [-0.39, 0.29) is 28.8 Å². The van der Waals surface area contributed by atoms with E-state index in [4.69, 9.17) is 0 Å². The summed E-state index contributed by atoms with van der Waals surface area (Å²) in [4.78, 5) is 28.1. The molecule has 0 aliphatic heterocycles. The summed E-state index contributed by atoms with van der Waals surface area (Å²) in [5.41, 5.74) is 1.34. The van der Waals surface area contributed by atoms with Gasteiger partial charge in [0, 0.05) is 19.8 Å². The zero-order chi connectivity index (χ0) is 21.8. The van der Waals surface area contributed by atoms with Crippen molar-refractivity contribution in [1.29, 1.82) is 0 Å². The van der Waals surface area contributed by atoms with Gasteiger partial charge in [-0.1, -0.05) is 37.3 Å². The Morgan fingerprint density at radius 2 is 1.83 bits per heavy atom. The number of hydrogen-bond acceptors (Lipinski definition) is 8. The van der Waals surface area contributed by atoms with Crippen LogP contribution >= 0.6 is 0 Å². The highest BCUT2D eigenvalue weighted by molar-refractivity contribution is 6.03. The fraction of sp³-hybridized carbons (Fsp3) is 0.200. The average Bonchev–Trinajstić information content (AvgIpc) is 3.00. The Balaban J connectivity index is 2.05. The van der Waals surface area contributed by atoms with E-state index in [2.05, 4.69) is 25.3 Å². The molecule has 5 N–H and O–H groups in total. The van der Waals surface area contributed by atoms with Crippen LogP contribution in [0.2, 0.25) is 0 Å². The maximum absolute atomic E-state index is 12.2. The molecule has 0 saturated carbocycles. The molecule has 2 heterocycles. The number of nitrogens with zero attached hydrogens (tertiary/aromatic N) is 4. The highest BCUT2D eigenvalue weighted by Gasteiger charge is 2.23. The molecule has 30 heavy (non-hydrogen) atoms. The molecule has 0 spiro atoms. The summed E-state index contributed by atoms with van der Waals surface area (Å²) in [6.07, 6.45) is 1.67. The van der Waals surface area contributed by atoms with Crippen molar-refractivity contribution in [2.45, 2.75) is 13.3 Å². The second-order valence-electron chi connectivity index (χ2n) is 6.57. The number of carbonyl (C=O) groups is 1. The van der Waals surface area contributed by atoms with Crippen LogP contribution < -0.4 is 5.32 Å². The summed E-state index contributed by atoms with van der Waals surface area (Å²) in [6.45, 7) is 1.91. The number of amides is 1. The summed E-state index contributed by atoms with van der Waals surface area (Å²) in [5, 5.41) is 33.7. The van der Waals surface area contributed by atoms with Crippen LogP contribution in [0.3, 0.4) is 0 Å². The van der Waals surface area contributed by atoms with Crippen LogP contribution in [-0.2, 0) is 0 Å². The number of anilines is 2. The van der Waals surface area contributed by atoms with Crippen molar-refractivity contribution < 1.29 is 20.1 Å². The molecule has 0 atom stereocenters. The van der Waals surface area contributed by atoms with Gasteiger partial charge in [0.2, 0.25) is 11.8 Å². The molecule has 0 unspecified atom stereocenters. The summed E-state index contributed by atoms with van der Waals surface area (Å²) in [7, 11) is 3.05. The predicted octanol–water partition coefficient (Wildman–Crippen LogP) is 2.90. The molecule has 0 fully saturated rings. The molecule has 0 saturated heterocycles. The predicted molar refractivity (Wildman–Crippen MR) is 112 cm³/mol. The van der Waals surface area contributed by atoms with Gasteiger partial charge < -0.3 is 25.5 Å². The Labute approximate surface area is 172 Å². The van der Waals surface area contributed by atoms with Gasteiger partial charge >= 0.3 is 0 Å². The second-order valence-corrected chi connectivity index (χ2v) is 6.57. The number of nitrogens with one attached hydrogen (secondary N) is 2. The maximum Gasteiger partial charge on any atom is 0.276 e. The van der Waals surface area contributed by atoms with Crippen molar-refractivity contribution in [2.24, 2.45) is 4.99 Å². The number of aromatic nitrogens is 3. The van der Waals surface area contributed by atoms with Crippen molar-refractivity contribution in [2.75, 3.05) is 19.4 Å². The number of benzene rings is 1. The highest BCUT2D eigenvalue weighted by Crippen LogP contribution is 2.44. The van der Waals surface area contributed by atoms with Crippen molar-refractivity contribution in [3.05, 3.63) is 47.9 Å².